The lowest BCUT2D eigenvalue weighted by molar-refractivity contribution is -0.119. The summed E-state index contributed by atoms with van der Waals surface area (Å²) in [6, 6.07) is 6.43. The lowest BCUT2D eigenvalue weighted by Gasteiger charge is -2.27. The summed E-state index contributed by atoms with van der Waals surface area (Å²) >= 11 is 0. The van der Waals surface area contributed by atoms with E-state index in [1.165, 1.54) is 0 Å². The summed E-state index contributed by atoms with van der Waals surface area (Å²) in [5.41, 5.74) is 7.24. The Labute approximate surface area is 147 Å². The molecule has 2 aliphatic rings. The molecule has 1 unspecified atom stereocenters. The number of morpholine rings is 1. The van der Waals surface area contributed by atoms with Crippen molar-refractivity contribution >= 4 is 17.5 Å². The quantitative estimate of drug-likeness (QED) is 0.842. The van der Waals surface area contributed by atoms with Gasteiger partial charge in [-0.15, -0.1) is 0 Å². The fraction of sp³-hybridized carbons (Fsp3) is 0.556. The first-order valence-electron chi connectivity index (χ1n) is 8.76. The van der Waals surface area contributed by atoms with Crippen LogP contribution in [0.2, 0.25) is 0 Å². The number of hydrogen-bond acceptors (Lipinski definition) is 5. The van der Waals surface area contributed by atoms with Crippen LogP contribution in [0.5, 0.6) is 0 Å². The van der Waals surface area contributed by atoms with Gasteiger partial charge in [0.1, 0.15) is 0 Å². The predicted molar refractivity (Wildman–Crippen MR) is 93.3 cm³/mol. The van der Waals surface area contributed by atoms with Crippen LogP contribution in [0.25, 0.3) is 0 Å². The molecule has 2 heterocycles. The molecular formula is C18H25N3O4. The van der Waals surface area contributed by atoms with Gasteiger partial charge in [0, 0.05) is 37.6 Å². The number of amides is 2. The van der Waals surface area contributed by atoms with E-state index >= 15 is 0 Å². The van der Waals surface area contributed by atoms with Crippen LogP contribution in [-0.4, -0.2) is 62.3 Å². The Kier molecular flexibility index (Phi) is 6.01. The number of anilines is 1. The Morgan fingerprint density at radius 1 is 1.12 bits per heavy atom. The first-order valence-corrected chi connectivity index (χ1v) is 8.76. The van der Waals surface area contributed by atoms with Gasteiger partial charge in [0.25, 0.3) is 5.91 Å². The van der Waals surface area contributed by atoms with Gasteiger partial charge >= 0.3 is 0 Å². The third-order valence-electron chi connectivity index (χ3n) is 4.75. The number of ether oxygens (including phenoxy) is 2. The van der Waals surface area contributed by atoms with E-state index in [4.69, 9.17) is 15.2 Å². The van der Waals surface area contributed by atoms with Crippen LogP contribution in [0.1, 0.15) is 23.2 Å². The molecule has 0 spiro atoms. The number of benzene rings is 1. The first-order chi connectivity index (χ1) is 12.1. The molecule has 1 aromatic rings. The smallest absolute Gasteiger partial charge is 0.254 e. The molecule has 2 aliphatic heterocycles. The molecule has 2 saturated heterocycles. The maximum Gasteiger partial charge on any atom is 0.254 e. The Hall–Kier alpha value is -1.96. The second-order valence-corrected chi connectivity index (χ2v) is 6.45. The third-order valence-corrected chi connectivity index (χ3v) is 4.75. The normalized spacial score (nSPS) is 20.1. The number of carbonyl (C=O) groups is 2. The monoisotopic (exact) mass is 347 g/mol. The molecule has 0 radical (unpaired) electrons. The van der Waals surface area contributed by atoms with Crippen LogP contribution >= 0.6 is 0 Å². The third kappa shape index (κ3) is 4.56. The van der Waals surface area contributed by atoms with Crippen LogP contribution in [0.3, 0.4) is 0 Å². The van der Waals surface area contributed by atoms with Crippen LogP contribution in [0.4, 0.5) is 5.69 Å². The van der Waals surface area contributed by atoms with Crippen LogP contribution in [-0.2, 0) is 14.3 Å². The lowest BCUT2D eigenvalue weighted by atomic mass is 9.92. The summed E-state index contributed by atoms with van der Waals surface area (Å²) in [5, 5.41) is 2.84. The highest BCUT2D eigenvalue weighted by atomic mass is 16.5. The molecule has 0 saturated carbocycles. The van der Waals surface area contributed by atoms with Gasteiger partial charge in [0.2, 0.25) is 5.91 Å². The van der Waals surface area contributed by atoms with E-state index in [-0.39, 0.29) is 17.7 Å². The predicted octanol–water partition coefficient (Wildman–Crippen LogP) is 0.851. The largest absolute Gasteiger partial charge is 0.381 e. The van der Waals surface area contributed by atoms with Crippen molar-refractivity contribution < 1.29 is 19.1 Å². The number of nitrogens with two attached hydrogens (primary N) is 1. The second kappa shape index (κ2) is 8.42. The number of rotatable bonds is 4. The van der Waals surface area contributed by atoms with Crippen molar-refractivity contribution in [2.75, 3.05) is 44.8 Å². The molecule has 2 fully saturated rings. The molecule has 3 N–H and O–H groups in total. The van der Waals surface area contributed by atoms with E-state index in [1.54, 1.807) is 29.2 Å². The summed E-state index contributed by atoms with van der Waals surface area (Å²) in [5.74, 6) is -0.136. The molecule has 7 heteroatoms. The Balaban J connectivity index is 1.62. The van der Waals surface area contributed by atoms with Gasteiger partial charge in [-0.2, -0.15) is 0 Å². The second-order valence-electron chi connectivity index (χ2n) is 6.45. The Bertz CT molecular complexity index is 610. The van der Waals surface area contributed by atoms with Crippen molar-refractivity contribution in [3.8, 4) is 0 Å². The first kappa shape index (κ1) is 17.8. The average Bonchev–Trinajstić information content (AvgIpc) is 2.68. The molecule has 1 aromatic carbocycles. The molecule has 0 aromatic heterocycles. The van der Waals surface area contributed by atoms with Gasteiger partial charge in [0.15, 0.2) is 0 Å². The molecule has 2 amide bonds. The average molecular weight is 347 g/mol. The highest BCUT2D eigenvalue weighted by Gasteiger charge is 2.27. The molecule has 0 aliphatic carbocycles. The van der Waals surface area contributed by atoms with Gasteiger partial charge in [-0.3, -0.25) is 9.59 Å². The number of hydrogen-bond donors (Lipinski definition) is 2. The zero-order valence-corrected chi connectivity index (χ0v) is 14.3. The van der Waals surface area contributed by atoms with Crippen LogP contribution in [0.15, 0.2) is 24.3 Å². The minimum Gasteiger partial charge on any atom is -0.381 e. The minimum absolute atomic E-state index is 0.0480. The van der Waals surface area contributed by atoms with E-state index in [0.29, 0.717) is 50.8 Å². The van der Waals surface area contributed by atoms with Gasteiger partial charge in [-0.1, -0.05) is 6.07 Å². The lowest BCUT2D eigenvalue weighted by Crippen LogP contribution is -2.44. The molecule has 1 atom stereocenters. The summed E-state index contributed by atoms with van der Waals surface area (Å²) in [4.78, 5) is 26.7. The Morgan fingerprint density at radius 2 is 1.80 bits per heavy atom. The van der Waals surface area contributed by atoms with E-state index in [2.05, 4.69) is 5.32 Å². The van der Waals surface area contributed by atoms with Gasteiger partial charge in [0.05, 0.1) is 19.3 Å². The van der Waals surface area contributed by atoms with Crippen LogP contribution in [0, 0.1) is 5.92 Å². The van der Waals surface area contributed by atoms with Gasteiger partial charge in [-0.05, 0) is 37.0 Å². The standard InChI is InChI=1S/C18H25N3O4/c19-16(13-4-8-24-9-5-13)17(22)20-15-3-1-2-14(12-15)18(23)21-6-10-25-11-7-21/h1-3,12-13,16H,4-11,19H2,(H,20,22). The van der Waals surface area contributed by atoms with Gasteiger partial charge < -0.3 is 25.4 Å². The molecule has 7 nitrogen and oxygen atoms in total. The number of nitrogens with zero attached hydrogens (tertiary/aromatic N) is 1. The summed E-state index contributed by atoms with van der Waals surface area (Å²) < 4.78 is 10.6. The van der Waals surface area contributed by atoms with Crippen molar-refractivity contribution in [3.05, 3.63) is 29.8 Å². The van der Waals surface area contributed by atoms with Crippen molar-refractivity contribution in [2.45, 2.75) is 18.9 Å². The molecule has 136 valence electrons. The van der Waals surface area contributed by atoms with Crippen molar-refractivity contribution in [3.63, 3.8) is 0 Å². The molecule has 0 bridgehead atoms. The minimum atomic E-state index is -0.567. The highest BCUT2D eigenvalue weighted by Crippen LogP contribution is 2.19. The van der Waals surface area contributed by atoms with E-state index in [9.17, 15) is 9.59 Å². The summed E-state index contributed by atoms with van der Waals surface area (Å²) in [6.45, 7) is 3.59. The molecule has 3 rings (SSSR count). The van der Waals surface area contributed by atoms with E-state index < -0.39 is 6.04 Å². The zero-order chi connectivity index (χ0) is 17.6. The number of nitrogens with one attached hydrogen (secondary N) is 1. The van der Waals surface area contributed by atoms with Gasteiger partial charge in [-0.25, -0.2) is 0 Å². The van der Waals surface area contributed by atoms with Crippen LogP contribution < -0.4 is 11.1 Å². The maximum absolute atomic E-state index is 12.5. The van der Waals surface area contributed by atoms with E-state index in [0.717, 1.165) is 12.8 Å². The topological polar surface area (TPSA) is 93.9 Å². The van der Waals surface area contributed by atoms with Crippen molar-refractivity contribution in [1.82, 2.24) is 4.90 Å². The fourth-order valence-corrected chi connectivity index (χ4v) is 3.19. The Morgan fingerprint density at radius 3 is 2.52 bits per heavy atom. The van der Waals surface area contributed by atoms with Crippen molar-refractivity contribution in [2.24, 2.45) is 11.7 Å². The molecular weight excluding hydrogens is 322 g/mol. The SMILES string of the molecule is NC(C(=O)Nc1cccc(C(=O)N2CCOCC2)c1)C1CCOCC1. The number of carbonyl (C=O) groups excluding carboxylic acids is 2. The van der Waals surface area contributed by atoms with Crippen molar-refractivity contribution in [1.29, 1.82) is 0 Å². The maximum atomic E-state index is 12.5. The molecule has 25 heavy (non-hydrogen) atoms. The fourth-order valence-electron chi connectivity index (χ4n) is 3.19. The summed E-state index contributed by atoms with van der Waals surface area (Å²) in [7, 11) is 0. The summed E-state index contributed by atoms with van der Waals surface area (Å²) in [6.07, 6.45) is 1.59. The zero-order valence-electron chi connectivity index (χ0n) is 14.3. The highest BCUT2D eigenvalue weighted by molar-refractivity contribution is 5.98. The van der Waals surface area contributed by atoms with E-state index in [1.807, 2.05) is 0 Å².